The fraction of sp³-hybridized carbons (Fsp3) is 0.400. The number of hydroxylamine groups is 2. The van der Waals surface area contributed by atoms with Gasteiger partial charge in [-0.05, 0) is 29.9 Å². The van der Waals surface area contributed by atoms with Gasteiger partial charge >= 0.3 is 0 Å². The summed E-state index contributed by atoms with van der Waals surface area (Å²) in [6.07, 6.45) is 11.7. The molecule has 2 nitrogen and oxygen atoms in total. The molecule has 0 aromatic heterocycles. The van der Waals surface area contributed by atoms with Crippen molar-refractivity contribution in [2.45, 2.75) is 19.8 Å². The minimum absolute atomic E-state index is 0.323. The second kappa shape index (κ2) is 2.49. The van der Waals surface area contributed by atoms with Crippen LogP contribution < -0.4 is 0 Å². The van der Waals surface area contributed by atoms with Gasteiger partial charge in [-0.2, -0.15) is 0 Å². The molecule has 0 amide bonds. The van der Waals surface area contributed by atoms with Gasteiger partial charge in [-0.1, -0.05) is 19.1 Å². The van der Waals surface area contributed by atoms with E-state index in [-0.39, 0.29) is 0 Å². The lowest BCUT2D eigenvalue weighted by Crippen LogP contribution is -2.05. The van der Waals surface area contributed by atoms with E-state index < -0.39 is 0 Å². The standard InChI is InChI=1S/C10H13NO/c1-10(5-6-10)9-4-2-3-7-11(12)8-9/h2-4,7-8,12H,5-6H2,1H3. The van der Waals surface area contributed by atoms with Gasteiger partial charge in [0.05, 0.1) is 0 Å². The third-order valence-corrected chi connectivity index (χ3v) is 2.59. The van der Waals surface area contributed by atoms with Crippen LogP contribution in [0.2, 0.25) is 0 Å². The Morgan fingerprint density at radius 3 is 2.83 bits per heavy atom. The Kier molecular flexibility index (Phi) is 1.58. The number of hydrogen-bond donors (Lipinski definition) is 1. The minimum Gasteiger partial charge on any atom is -0.285 e. The Morgan fingerprint density at radius 2 is 2.17 bits per heavy atom. The molecule has 64 valence electrons. The third-order valence-electron chi connectivity index (χ3n) is 2.59. The molecular formula is C10H13NO. The maximum absolute atomic E-state index is 9.28. The molecule has 0 aromatic rings. The summed E-state index contributed by atoms with van der Waals surface area (Å²) < 4.78 is 0. The Hall–Kier alpha value is -1.02. The van der Waals surface area contributed by atoms with E-state index in [1.165, 1.54) is 18.4 Å². The van der Waals surface area contributed by atoms with Gasteiger partial charge in [0.15, 0.2) is 0 Å². The molecule has 1 saturated carbocycles. The fourth-order valence-corrected chi connectivity index (χ4v) is 1.36. The number of rotatable bonds is 1. The van der Waals surface area contributed by atoms with Crippen LogP contribution in [0.1, 0.15) is 19.8 Å². The topological polar surface area (TPSA) is 23.5 Å². The molecule has 2 aliphatic rings. The predicted molar refractivity (Wildman–Crippen MR) is 47.3 cm³/mol. The lowest BCUT2D eigenvalue weighted by Gasteiger charge is -2.11. The van der Waals surface area contributed by atoms with Crippen molar-refractivity contribution >= 4 is 0 Å². The highest BCUT2D eigenvalue weighted by Crippen LogP contribution is 2.51. The molecule has 0 spiro atoms. The van der Waals surface area contributed by atoms with Gasteiger partial charge in [-0.3, -0.25) is 5.21 Å². The molecule has 0 radical (unpaired) electrons. The van der Waals surface area contributed by atoms with Crippen LogP contribution in [0.3, 0.4) is 0 Å². The molecule has 2 heteroatoms. The average Bonchev–Trinajstić information content (AvgIpc) is 2.77. The molecule has 1 aliphatic heterocycles. The van der Waals surface area contributed by atoms with Crippen LogP contribution in [-0.2, 0) is 0 Å². The summed E-state index contributed by atoms with van der Waals surface area (Å²) in [7, 11) is 0. The van der Waals surface area contributed by atoms with Crippen LogP contribution in [0, 0.1) is 5.41 Å². The maximum Gasteiger partial charge on any atom is 0.0362 e. The molecule has 0 aromatic carbocycles. The van der Waals surface area contributed by atoms with E-state index in [0.717, 1.165) is 5.06 Å². The zero-order chi connectivity index (χ0) is 8.60. The van der Waals surface area contributed by atoms with Crippen LogP contribution in [0.5, 0.6) is 0 Å². The van der Waals surface area contributed by atoms with E-state index in [1.807, 2.05) is 12.2 Å². The van der Waals surface area contributed by atoms with E-state index >= 15 is 0 Å². The molecule has 2 rings (SSSR count). The van der Waals surface area contributed by atoms with Crippen molar-refractivity contribution in [3.8, 4) is 0 Å². The van der Waals surface area contributed by atoms with Crippen molar-refractivity contribution in [2.75, 3.05) is 0 Å². The van der Waals surface area contributed by atoms with Crippen molar-refractivity contribution in [1.82, 2.24) is 5.06 Å². The van der Waals surface area contributed by atoms with Crippen molar-refractivity contribution in [3.63, 3.8) is 0 Å². The second-order valence-corrected chi connectivity index (χ2v) is 3.73. The van der Waals surface area contributed by atoms with E-state index in [9.17, 15) is 5.21 Å². The van der Waals surface area contributed by atoms with Gasteiger partial charge in [0.1, 0.15) is 0 Å². The summed E-state index contributed by atoms with van der Waals surface area (Å²) in [6.45, 7) is 2.22. The second-order valence-electron chi connectivity index (χ2n) is 3.73. The van der Waals surface area contributed by atoms with Gasteiger partial charge in [-0.25, -0.2) is 5.06 Å². The lowest BCUT2D eigenvalue weighted by molar-refractivity contribution is 0.0104. The van der Waals surface area contributed by atoms with Crippen molar-refractivity contribution in [1.29, 1.82) is 0 Å². The first-order chi connectivity index (χ1) is 5.71. The molecule has 1 aliphatic carbocycles. The van der Waals surface area contributed by atoms with E-state index in [4.69, 9.17) is 0 Å². The molecule has 12 heavy (non-hydrogen) atoms. The number of allylic oxidation sites excluding steroid dienone is 4. The summed E-state index contributed by atoms with van der Waals surface area (Å²) in [5, 5.41) is 10.4. The first kappa shape index (κ1) is 7.62. The molecule has 1 fully saturated rings. The smallest absolute Gasteiger partial charge is 0.0362 e. The highest BCUT2D eigenvalue weighted by molar-refractivity contribution is 5.33. The molecule has 0 saturated heterocycles. The normalized spacial score (nSPS) is 25.2. The van der Waals surface area contributed by atoms with Gasteiger partial charge in [0.25, 0.3) is 0 Å². The Labute approximate surface area is 72.5 Å². The third kappa shape index (κ3) is 1.30. The zero-order valence-electron chi connectivity index (χ0n) is 7.20. The molecule has 0 bridgehead atoms. The van der Waals surface area contributed by atoms with E-state index in [0.29, 0.717) is 5.41 Å². The molecule has 1 N–H and O–H groups in total. The van der Waals surface area contributed by atoms with E-state index in [2.05, 4.69) is 13.0 Å². The van der Waals surface area contributed by atoms with Gasteiger partial charge in [-0.15, -0.1) is 0 Å². The molecule has 0 atom stereocenters. The van der Waals surface area contributed by atoms with Gasteiger partial charge in [0.2, 0.25) is 0 Å². The van der Waals surface area contributed by atoms with Crippen LogP contribution in [0.15, 0.2) is 36.2 Å². The summed E-state index contributed by atoms with van der Waals surface area (Å²) in [6, 6.07) is 0. The first-order valence-electron chi connectivity index (χ1n) is 4.25. The molecular weight excluding hydrogens is 150 g/mol. The Balaban J connectivity index is 2.24. The number of hydrogen-bond acceptors (Lipinski definition) is 2. The van der Waals surface area contributed by atoms with Crippen LogP contribution in [0.4, 0.5) is 0 Å². The molecule has 1 heterocycles. The quantitative estimate of drug-likeness (QED) is 0.641. The maximum atomic E-state index is 9.28. The van der Waals surface area contributed by atoms with Crippen molar-refractivity contribution < 1.29 is 5.21 Å². The lowest BCUT2D eigenvalue weighted by atomic mass is 9.99. The van der Waals surface area contributed by atoms with Crippen LogP contribution >= 0.6 is 0 Å². The average molecular weight is 163 g/mol. The monoisotopic (exact) mass is 163 g/mol. The first-order valence-corrected chi connectivity index (χ1v) is 4.25. The minimum atomic E-state index is 0.323. The van der Waals surface area contributed by atoms with Crippen LogP contribution in [-0.4, -0.2) is 10.3 Å². The largest absolute Gasteiger partial charge is 0.285 e. The SMILES string of the molecule is CC1(C2=CN(O)C=CC=C2)CC1. The molecule has 0 unspecified atom stereocenters. The van der Waals surface area contributed by atoms with Crippen molar-refractivity contribution in [3.05, 3.63) is 36.2 Å². The Bertz CT molecular complexity index is 272. The van der Waals surface area contributed by atoms with E-state index in [1.54, 1.807) is 12.4 Å². The Morgan fingerprint density at radius 1 is 1.42 bits per heavy atom. The summed E-state index contributed by atoms with van der Waals surface area (Å²) in [5.74, 6) is 0. The van der Waals surface area contributed by atoms with Crippen molar-refractivity contribution in [2.24, 2.45) is 5.41 Å². The summed E-state index contributed by atoms with van der Waals surface area (Å²) >= 11 is 0. The van der Waals surface area contributed by atoms with Crippen LogP contribution in [0.25, 0.3) is 0 Å². The van der Waals surface area contributed by atoms with Gasteiger partial charge < -0.3 is 0 Å². The highest BCUT2D eigenvalue weighted by atomic mass is 16.5. The fourth-order valence-electron chi connectivity index (χ4n) is 1.36. The number of nitrogens with zero attached hydrogens (tertiary/aromatic N) is 1. The highest BCUT2D eigenvalue weighted by Gasteiger charge is 2.40. The summed E-state index contributed by atoms with van der Waals surface area (Å²) in [5.41, 5.74) is 1.54. The summed E-state index contributed by atoms with van der Waals surface area (Å²) in [4.78, 5) is 0. The zero-order valence-corrected chi connectivity index (χ0v) is 7.20. The van der Waals surface area contributed by atoms with Gasteiger partial charge in [0, 0.05) is 12.4 Å². The predicted octanol–water partition coefficient (Wildman–Crippen LogP) is 2.45.